The van der Waals surface area contributed by atoms with Crippen molar-refractivity contribution >= 4 is 46.3 Å². The number of halogens is 1. The van der Waals surface area contributed by atoms with Crippen molar-refractivity contribution in [1.82, 2.24) is 10.9 Å². The molecule has 1 aromatic carbocycles. The number of rotatable bonds is 4. The molecule has 124 valence electrons. The van der Waals surface area contributed by atoms with Crippen molar-refractivity contribution in [2.45, 2.75) is 19.4 Å². The van der Waals surface area contributed by atoms with Gasteiger partial charge >= 0.3 is 0 Å². The summed E-state index contributed by atoms with van der Waals surface area (Å²) in [5.41, 5.74) is 6.24. The third kappa shape index (κ3) is 3.06. The Morgan fingerprint density at radius 2 is 2.08 bits per heavy atom. The minimum Gasteiger partial charge on any atom is -0.286 e. The van der Waals surface area contributed by atoms with Crippen LogP contribution in [0.15, 0.2) is 35.7 Å². The minimum atomic E-state index is -0.806. The molecule has 3 amide bonds. The number of hydrogen-bond acceptors (Lipinski definition) is 5. The van der Waals surface area contributed by atoms with Gasteiger partial charge in [-0.25, -0.2) is 10.3 Å². The van der Waals surface area contributed by atoms with Crippen molar-refractivity contribution in [1.29, 1.82) is 0 Å². The van der Waals surface area contributed by atoms with Gasteiger partial charge in [-0.15, -0.1) is 11.3 Å². The van der Waals surface area contributed by atoms with E-state index in [-0.39, 0.29) is 18.2 Å². The second-order valence-corrected chi connectivity index (χ2v) is 6.64. The van der Waals surface area contributed by atoms with E-state index in [0.717, 1.165) is 4.90 Å². The standard InChI is InChI=1S/C16H14ClN3O3S/c1-9-10(17)4-2-5-12(9)20-14(21)8-11(16(20)23)18-19-15(22)13-6-3-7-24-13/h2-7,11,18H,8H2,1H3,(H,19,22)/t11-/m1/s1. The maximum atomic E-state index is 12.5. The van der Waals surface area contributed by atoms with Crippen LogP contribution in [0.1, 0.15) is 21.7 Å². The fourth-order valence-corrected chi connectivity index (χ4v) is 3.25. The van der Waals surface area contributed by atoms with Gasteiger partial charge in [0.05, 0.1) is 17.0 Å². The summed E-state index contributed by atoms with van der Waals surface area (Å²) in [6, 6.07) is 7.68. The summed E-state index contributed by atoms with van der Waals surface area (Å²) < 4.78 is 0. The number of carbonyl (C=O) groups is 3. The van der Waals surface area contributed by atoms with E-state index in [1.54, 1.807) is 42.6 Å². The highest BCUT2D eigenvalue weighted by Crippen LogP contribution is 2.30. The molecule has 1 aromatic heterocycles. The summed E-state index contributed by atoms with van der Waals surface area (Å²) >= 11 is 7.35. The highest BCUT2D eigenvalue weighted by Gasteiger charge is 2.40. The van der Waals surface area contributed by atoms with E-state index in [0.29, 0.717) is 21.2 Å². The Morgan fingerprint density at radius 3 is 2.79 bits per heavy atom. The molecule has 0 saturated carbocycles. The summed E-state index contributed by atoms with van der Waals surface area (Å²) in [4.78, 5) is 38.3. The van der Waals surface area contributed by atoms with Gasteiger partial charge in [0.2, 0.25) is 5.91 Å². The van der Waals surface area contributed by atoms with E-state index in [9.17, 15) is 14.4 Å². The number of amides is 3. The Kier molecular flexibility index (Phi) is 4.66. The number of benzene rings is 1. The van der Waals surface area contributed by atoms with Gasteiger partial charge in [-0.3, -0.25) is 19.8 Å². The van der Waals surface area contributed by atoms with Crippen LogP contribution in [-0.4, -0.2) is 23.8 Å². The summed E-state index contributed by atoms with van der Waals surface area (Å²) in [7, 11) is 0. The molecule has 0 spiro atoms. The van der Waals surface area contributed by atoms with Crippen molar-refractivity contribution in [2.75, 3.05) is 4.90 Å². The topological polar surface area (TPSA) is 78.5 Å². The second-order valence-electron chi connectivity index (χ2n) is 5.28. The summed E-state index contributed by atoms with van der Waals surface area (Å²) in [6.45, 7) is 1.75. The lowest BCUT2D eigenvalue weighted by atomic mass is 10.2. The van der Waals surface area contributed by atoms with E-state index in [4.69, 9.17) is 11.6 Å². The zero-order valence-corrected chi connectivity index (χ0v) is 14.3. The molecule has 2 aromatic rings. The number of thiophene rings is 1. The van der Waals surface area contributed by atoms with Gasteiger partial charge < -0.3 is 0 Å². The molecule has 1 aliphatic rings. The van der Waals surface area contributed by atoms with Gasteiger partial charge in [-0.2, -0.15) is 0 Å². The van der Waals surface area contributed by atoms with Gasteiger partial charge in [0, 0.05) is 5.02 Å². The molecule has 1 saturated heterocycles. The Hall–Kier alpha value is -2.22. The number of hydrogen-bond donors (Lipinski definition) is 2. The Morgan fingerprint density at radius 1 is 1.29 bits per heavy atom. The molecule has 0 aliphatic carbocycles. The van der Waals surface area contributed by atoms with Gasteiger partial charge in [0.15, 0.2) is 0 Å². The van der Waals surface area contributed by atoms with E-state index in [2.05, 4.69) is 10.9 Å². The molecule has 2 heterocycles. The molecular weight excluding hydrogens is 350 g/mol. The molecule has 1 aliphatic heterocycles. The van der Waals surface area contributed by atoms with Crippen molar-refractivity contribution in [2.24, 2.45) is 0 Å². The van der Waals surface area contributed by atoms with Crippen LogP contribution in [-0.2, 0) is 9.59 Å². The van der Waals surface area contributed by atoms with Crippen LogP contribution >= 0.6 is 22.9 Å². The van der Waals surface area contributed by atoms with Crippen molar-refractivity contribution in [3.63, 3.8) is 0 Å². The normalized spacial score (nSPS) is 17.4. The molecule has 1 fully saturated rings. The lowest BCUT2D eigenvalue weighted by Crippen LogP contribution is -2.48. The lowest BCUT2D eigenvalue weighted by Gasteiger charge is -2.18. The van der Waals surface area contributed by atoms with Crippen LogP contribution in [0.25, 0.3) is 0 Å². The first-order valence-corrected chi connectivity index (χ1v) is 8.46. The zero-order valence-electron chi connectivity index (χ0n) is 12.7. The smallest absolute Gasteiger partial charge is 0.275 e. The molecule has 0 radical (unpaired) electrons. The molecule has 1 atom stereocenters. The maximum Gasteiger partial charge on any atom is 0.275 e. The monoisotopic (exact) mass is 363 g/mol. The largest absolute Gasteiger partial charge is 0.286 e. The fourth-order valence-electron chi connectivity index (χ4n) is 2.46. The van der Waals surface area contributed by atoms with Gasteiger partial charge in [-0.1, -0.05) is 23.7 Å². The number of nitrogens with zero attached hydrogens (tertiary/aromatic N) is 1. The number of carbonyl (C=O) groups excluding carboxylic acids is 3. The maximum absolute atomic E-state index is 12.5. The number of anilines is 1. The van der Waals surface area contributed by atoms with Crippen LogP contribution in [0.4, 0.5) is 5.69 Å². The van der Waals surface area contributed by atoms with Crippen LogP contribution < -0.4 is 15.8 Å². The number of hydrazine groups is 1. The Bertz CT molecular complexity index is 807. The molecule has 0 unspecified atom stereocenters. The van der Waals surface area contributed by atoms with E-state index in [1.807, 2.05) is 0 Å². The molecule has 2 N–H and O–H groups in total. The van der Waals surface area contributed by atoms with Crippen LogP contribution in [0, 0.1) is 6.92 Å². The quantitative estimate of drug-likeness (QED) is 0.645. The Balaban J connectivity index is 1.72. The molecule has 24 heavy (non-hydrogen) atoms. The first kappa shape index (κ1) is 16.6. The predicted molar refractivity (Wildman–Crippen MR) is 92.0 cm³/mol. The van der Waals surface area contributed by atoms with E-state index < -0.39 is 11.9 Å². The Labute approximate surface area is 147 Å². The van der Waals surface area contributed by atoms with Crippen LogP contribution in [0.2, 0.25) is 5.02 Å². The minimum absolute atomic E-state index is 0.0322. The van der Waals surface area contributed by atoms with Crippen LogP contribution in [0.5, 0.6) is 0 Å². The van der Waals surface area contributed by atoms with E-state index >= 15 is 0 Å². The highest BCUT2D eigenvalue weighted by molar-refractivity contribution is 7.12. The first-order valence-electron chi connectivity index (χ1n) is 7.20. The SMILES string of the molecule is Cc1c(Cl)cccc1N1C(=O)C[C@@H](NNC(=O)c2cccs2)C1=O. The number of imide groups is 1. The second kappa shape index (κ2) is 6.72. The van der Waals surface area contributed by atoms with Gasteiger partial charge in [0.25, 0.3) is 11.8 Å². The van der Waals surface area contributed by atoms with Gasteiger partial charge in [0.1, 0.15) is 6.04 Å². The molecule has 6 nitrogen and oxygen atoms in total. The highest BCUT2D eigenvalue weighted by atomic mass is 35.5. The summed E-state index contributed by atoms with van der Waals surface area (Å²) in [6.07, 6.45) is -0.0322. The first-order chi connectivity index (χ1) is 11.5. The molecule has 0 bridgehead atoms. The summed E-state index contributed by atoms with van der Waals surface area (Å²) in [5.74, 6) is -1.10. The van der Waals surface area contributed by atoms with E-state index in [1.165, 1.54) is 11.3 Å². The van der Waals surface area contributed by atoms with Crippen LogP contribution in [0.3, 0.4) is 0 Å². The van der Waals surface area contributed by atoms with Gasteiger partial charge in [-0.05, 0) is 36.1 Å². The average molecular weight is 364 g/mol. The zero-order chi connectivity index (χ0) is 17.3. The summed E-state index contributed by atoms with van der Waals surface area (Å²) in [5, 5.41) is 2.26. The van der Waals surface area contributed by atoms with Crippen molar-refractivity contribution in [3.8, 4) is 0 Å². The lowest BCUT2D eigenvalue weighted by molar-refractivity contribution is -0.121. The number of nitrogens with one attached hydrogen (secondary N) is 2. The molecule has 3 rings (SSSR count). The third-order valence-corrected chi connectivity index (χ3v) is 5.01. The fraction of sp³-hybridized carbons (Fsp3) is 0.188. The molecular formula is C16H14ClN3O3S. The third-order valence-electron chi connectivity index (χ3n) is 3.73. The van der Waals surface area contributed by atoms with Crippen molar-refractivity contribution in [3.05, 3.63) is 51.2 Å². The van der Waals surface area contributed by atoms with Crippen molar-refractivity contribution < 1.29 is 14.4 Å². The predicted octanol–water partition coefficient (Wildman–Crippen LogP) is 2.28. The molecule has 8 heteroatoms. The average Bonchev–Trinajstić information content (AvgIpc) is 3.17.